The zero-order valence-corrected chi connectivity index (χ0v) is 11.0. The molecule has 0 aliphatic carbocycles. The van der Waals surface area contributed by atoms with Crippen molar-refractivity contribution in [2.45, 2.75) is 6.18 Å². The minimum Gasteiger partial charge on any atom is -0.289 e. The summed E-state index contributed by atoms with van der Waals surface area (Å²) < 4.78 is 38.2. The molecule has 98 valence electrons. The Morgan fingerprint density at radius 1 is 1.16 bits per heavy atom. The van der Waals surface area contributed by atoms with E-state index in [1.54, 1.807) is 6.07 Å². The van der Waals surface area contributed by atoms with Gasteiger partial charge in [0.1, 0.15) is 0 Å². The molecule has 2 nitrogen and oxygen atoms in total. The molecule has 0 aliphatic heterocycles. The summed E-state index contributed by atoms with van der Waals surface area (Å²) >= 11 is 2.98. The molecule has 0 radical (unpaired) electrons. The summed E-state index contributed by atoms with van der Waals surface area (Å²) in [6.07, 6.45) is -1.69. The molecule has 1 aromatic heterocycles. The lowest BCUT2D eigenvalue weighted by molar-refractivity contribution is -0.137. The maximum absolute atomic E-state index is 12.7. The van der Waals surface area contributed by atoms with Gasteiger partial charge >= 0.3 is 6.18 Å². The molecular weight excluding hydrogens is 323 g/mol. The van der Waals surface area contributed by atoms with Gasteiger partial charge in [0.25, 0.3) is 0 Å². The normalized spacial score (nSPS) is 11.4. The first-order valence-corrected chi connectivity index (χ1v) is 6.00. The van der Waals surface area contributed by atoms with Crippen LogP contribution in [0.15, 0.2) is 47.2 Å². The van der Waals surface area contributed by atoms with Gasteiger partial charge < -0.3 is 0 Å². The lowest BCUT2D eigenvalue weighted by Crippen LogP contribution is -2.08. The molecule has 0 spiro atoms. The molecule has 0 saturated heterocycles. The number of alkyl halides is 3. The largest absolute Gasteiger partial charge is 0.416 e. The molecule has 0 saturated carbocycles. The van der Waals surface area contributed by atoms with Crippen LogP contribution >= 0.6 is 15.9 Å². The van der Waals surface area contributed by atoms with Gasteiger partial charge in [0.15, 0.2) is 5.78 Å². The van der Waals surface area contributed by atoms with E-state index >= 15 is 0 Å². The molecule has 0 amide bonds. The van der Waals surface area contributed by atoms with E-state index in [2.05, 4.69) is 20.9 Å². The molecule has 1 heterocycles. The Balaban J connectivity index is 2.46. The van der Waals surface area contributed by atoms with E-state index in [0.717, 1.165) is 12.1 Å². The van der Waals surface area contributed by atoms with Crippen LogP contribution in [0.3, 0.4) is 0 Å². The highest BCUT2D eigenvalue weighted by molar-refractivity contribution is 9.10. The second-order valence-corrected chi connectivity index (χ2v) is 4.71. The molecule has 2 rings (SSSR count). The van der Waals surface area contributed by atoms with Crippen molar-refractivity contribution in [1.29, 1.82) is 0 Å². The van der Waals surface area contributed by atoms with E-state index in [1.807, 2.05) is 0 Å². The summed E-state index contributed by atoms with van der Waals surface area (Å²) in [5, 5.41) is 0. The number of carbonyl (C=O) groups is 1. The van der Waals surface area contributed by atoms with Crippen molar-refractivity contribution in [3.63, 3.8) is 0 Å². The van der Waals surface area contributed by atoms with Crippen LogP contribution < -0.4 is 0 Å². The molecule has 0 fully saturated rings. The summed E-state index contributed by atoms with van der Waals surface area (Å²) in [6.45, 7) is 0. The maximum atomic E-state index is 12.7. The van der Waals surface area contributed by atoms with Crippen LogP contribution in [0, 0.1) is 0 Å². The van der Waals surface area contributed by atoms with Gasteiger partial charge in [-0.2, -0.15) is 13.2 Å². The first kappa shape index (κ1) is 13.7. The fraction of sp³-hybridized carbons (Fsp3) is 0.0769. The number of nitrogens with zero attached hydrogens (tertiary/aromatic N) is 1. The van der Waals surface area contributed by atoms with Gasteiger partial charge in [-0.15, -0.1) is 0 Å². The van der Waals surface area contributed by atoms with Crippen LogP contribution in [-0.2, 0) is 6.18 Å². The van der Waals surface area contributed by atoms with Crippen LogP contribution in [0.5, 0.6) is 0 Å². The van der Waals surface area contributed by atoms with Crippen molar-refractivity contribution >= 4 is 21.7 Å². The molecule has 0 N–H and O–H groups in total. The second kappa shape index (κ2) is 5.13. The van der Waals surface area contributed by atoms with Crippen LogP contribution in [0.1, 0.15) is 21.5 Å². The number of ketones is 1. The Morgan fingerprint density at radius 2 is 1.89 bits per heavy atom. The summed E-state index contributed by atoms with van der Waals surface area (Å²) in [6, 6.07) is 6.17. The minimum absolute atomic E-state index is 0.0327. The topological polar surface area (TPSA) is 30.0 Å². The van der Waals surface area contributed by atoms with Gasteiger partial charge in [0.2, 0.25) is 0 Å². The number of benzene rings is 1. The fourth-order valence-corrected chi connectivity index (χ4v) is 2.04. The molecule has 19 heavy (non-hydrogen) atoms. The van der Waals surface area contributed by atoms with E-state index in [1.165, 1.54) is 24.5 Å². The summed E-state index contributed by atoms with van der Waals surface area (Å²) in [4.78, 5) is 15.8. The zero-order valence-electron chi connectivity index (χ0n) is 9.41. The fourth-order valence-electron chi connectivity index (χ4n) is 1.55. The van der Waals surface area contributed by atoms with Crippen molar-refractivity contribution in [3.05, 3.63) is 63.9 Å². The van der Waals surface area contributed by atoms with Gasteiger partial charge in [0, 0.05) is 28.0 Å². The number of aromatic nitrogens is 1. The van der Waals surface area contributed by atoms with E-state index in [-0.39, 0.29) is 15.6 Å². The summed E-state index contributed by atoms with van der Waals surface area (Å²) in [5.41, 5.74) is -0.655. The average Bonchev–Trinajstić information content (AvgIpc) is 2.37. The molecule has 6 heteroatoms. The zero-order chi connectivity index (χ0) is 14.0. The highest BCUT2D eigenvalue weighted by Crippen LogP contribution is 2.32. The number of hydrogen-bond donors (Lipinski definition) is 0. The maximum Gasteiger partial charge on any atom is 0.416 e. The van der Waals surface area contributed by atoms with E-state index in [0.29, 0.717) is 0 Å². The van der Waals surface area contributed by atoms with Crippen molar-refractivity contribution in [2.75, 3.05) is 0 Å². The third-order valence-corrected chi connectivity index (χ3v) is 2.87. The Morgan fingerprint density at radius 3 is 2.47 bits per heavy atom. The minimum atomic E-state index is -4.49. The number of pyridine rings is 1. The van der Waals surface area contributed by atoms with Crippen molar-refractivity contribution in [1.82, 2.24) is 4.98 Å². The molecule has 0 bridgehead atoms. The van der Waals surface area contributed by atoms with Gasteiger partial charge in [-0.25, -0.2) is 0 Å². The molecule has 2 aromatic rings. The van der Waals surface area contributed by atoms with Crippen molar-refractivity contribution < 1.29 is 18.0 Å². The Hall–Kier alpha value is -1.69. The molecular formula is C13H7BrF3NO. The van der Waals surface area contributed by atoms with Crippen molar-refractivity contribution in [3.8, 4) is 0 Å². The van der Waals surface area contributed by atoms with Crippen LogP contribution in [0.25, 0.3) is 0 Å². The first-order chi connectivity index (χ1) is 8.88. The average molecular weight is 330 g/mol. The molecule has 0 unspecified atom stereocenters. The van der Waals surface area contributed by atoms with Gasteiger partial charge in [-0.3, -0.25) is 9.78 Å². The highest BCUT2D eigenvalue weighted by atomic mass is 79.9. The second-order valence-electron chi connectivity index (χ2n) is 3.80. The van der Waals surface area contributed by atoms with Gasteiger partial charge in [-0.05, 0) is 30.3 Å². The predicted molar refractivity (Wildman–Crippen MR) is 66.8 cm³/mol. The molecule has 0 atom stereocenters. The highest BCUT2D eigenvalue weighted by Gasteiger charge is 2.31. The molecule has 1 aromatic carbocycles. The number of hydrogen-bond acceptors (Lipinski definition) is 2. The Labute approximate surface area is 115 Å². The van der Waals surface area contributed by atoms with E-state index in [4.69, 9.17) is 0 Å². The number of halogens is 4. The van der Waals surface area contributed by atoms with Crippen LogP contribution in [0.4, 0.5) is 13.2 Å². The van der Waals surface area contributed by atoms with E-state index < -0.39 is 17.5 Å². The number of rotatable bonds is 2. The lowest BCUT2D eigenvalue weighted by atomic mass is 10.0. The monoisotopic (exact) mass is 329 g/mol. The number of carbonyl (C=O) groups excluding carboxylic acids is 1. The lowest BCUT2D eigenvalue weighted by Gasteiger charge is -2.09. The van der Waals surface area contributed by atoms with Crippen LogP contribution in [-0.4, -0.2) is 10.8 Å². The third kappa shape index (κ3) is 3.20. The first-order valence-electron chi connectivity index (χ1n) is 5.20. The van der Waals surface area contributed by atoms with Crippen molar-refractivity contribution in [2.24, 2.45) is 0 Å². The summed E-state index contributed by atoms with van der Waals surface area (Å²) in [5.74, 6) is -0.500. The predicted octanol–water partition coefficient (Wildman–Crippen LogP) is 4.09. The smallest absolute Gasteiger partial charge is 0.289 e. The van der Waals surface area contributed by atoms with E-state index in [9.17, 15) is 18.0 Å². The van der Waals surface area contributed by atoms with Gasteiger partial charge in [-0.1, -0.05) is 15.9 Å². The standard InChI is InChI=1S/C13H7BrF3NO/c14-11-5-9(4-10(6-11)13(15,16)17)12(19)8-2-1-3-18-7-8/h1-7H. The third-order valence-electron chi connectivity index (χ3n) is 2.41. The van der Waals surface area contributed by atoms with Gasteiger partial charge in [0.05, 0.1) is 5.56 Å². The molecule has 0 aliphatic rings. The Kier molecular flexibility index (Phi) is 3.71. The van der Waals surface area contributed by atoms with Crippen LogP contribution in [0.2, 0.25) is 0 Å². The summed E-state index contributed by atoms with van der Waals surface area (Å²) in [7, 11) is 0. The SMILES string of the molecule is O=C(c1cccnc1)c1cc(Br)cc(C(F)(F)F)c1. The quantitative estimate of drug-likeness (QED) is 0.776. The Bertz CT molecular complexity index is 611.